The number of ether oxygens (including phenoxy) is 1. The van der Waals surface area contributed by atoms with Gasteiger partial charge in [-0.25, -0.2) is 0 Å². The number of amidine groups is 1. The molecule has 1 saturated heterocycles. The number of nitrogens with one attached hydrogen (secondary N) is 1. The molecule has 1 aliphatic rings. The van der Waals surface area contributed by atoms with Crippen molar-refractivity contribution in [1.82, 2.24) is 5.32 Å². The second kappa shape index (κ2) is 6.67. The number of unbranched alkanes of at least 4 members (excludes halogenated alkanes) is 1. The molecule has 0 saturated carbocycles. The van der Waals surface area contributed by atoms with Crippen LogP contribution in [0.2, 0.25) is 0 Å². The summed E-state index contributed by atoms with van der Waals surface area (Å²) in [5.41, 5.74) is 4.64. The molecule has 1 fully saturated rings. The molecule has 1 atom stereocenters. The van der Waals surface area contributed by atoms with E-state index in [1.165, 1.54) is 0 Å². The van der Waals surface area contributed by atoms with Crippen molar-refractivity contribution in [2.24, 2.45) is 10.9 Å². The van der Waals surface area contributed by atoms with E-state index >= 15 is 0 Å². The van der Waals surface area contributed by atoms with Crippen molar-refractivity contribution in [2.75, 3.05) is 26.3 Å². The summed E-state index contributed by atoms with van der Waals surface area (Å²) < 4.78 is 5.13. The zero-order chi connectivity index (χ0) is 11.9. The molecule has 1 heterocycles. The first kappa shape index (κ1) is 13.2. The van der Waals surface area contributed by atoms with Gasteiger partial charge in [-0.1, -0.05) is 5.16 Å². The van der Waals surface area contributed by atoms with Crippen LogP contribution in [-0.2, 0) is 4.74 Å². The van der Waals surface area contributed by atoms with E-state index in [1.807, 2.05) is 0 Å². The van der Waals surface area contributed by atoms with E-state index in [-0.39, 0.29) is 5.84 Å². The Hall–Kier alpha value is -0.850. The first-order valence-electron chi connectivity index (χ1n) is 5.63. The summed E-state index contributed by atoms with van der Waals surface area (Å²) >= 11 is 0. The van der Waals surface area contributed by atoms with Crippen LogP contribution < -0.4 is 11.1 Å². The van der Waals surface area contributed by atoms with Crippen LogP contribution >= 0.6 is 0 Å². The zero-order valence-corrected chi connectivity index (χ0v) is 9.48. The third kappa shape index (κ3) is 4.78. The van der Waals surface area contributed by atoms with Crippen LogP contribution in [0.4, 0.5) is 0 Å². The minimum Gasteiger partial charge on any atom is -0.409 e. The zero-order valence-electron chi connectivity index (χ0n) is 9.48. The highest BCUT2D eigenvalue weighted by Gasteiger charge is 2.31. The molecule has 0 amide bonds. The van der Waals surface area contributed by atoms with Crippen LogP contribution in [0.5, 0.6) is 0 Å². The van der Waals surface area contributed by atoms with Crippen molar-refractivity contribution in [3.05, 3.63) is 0 Å². The number of rotatable bonds is 7. The van der Waals surface area contributed by atoms with Crippen LogP contribution in [-0.4, -0.2) is 48.1 Å². The third-order valence-electron chi connectivity index (χ3n) is 2.70. The molecular weight excluding hydrogens is 210 g/mol. The SMILES string of the molecule is NC(CCCCNCC1(O)CCOC1)=NO. The molecule has 16 heavy (non-hydrogen) atoms. The normalized spacial score (nSPS) is 26.2. The van der Waals surface area contributed by atoms with E-state index in [2.05, 4.69) is 10.5 Å². The van der Waals surface area contributed by atoms with Crippen molar-refractivity contribution in [3.63, 3.8) is 0 Å². The highest BCUT2D eigenvalue weighted by atomic mass is 16.5. The number of hydrogen-bond acceptors (Lipinski definition) is 5. The second-order valence-electron chi connectivity index (χ2n) is 4.25. The van der Waals surface area contributed by atoms with Gasteiger partial charge < -0.3 is 26.1 Å². The second-order valence-corrected chi connectivity index (χ2v) is 4.25. The molecule has 1 aliphatic heterocycles. The predicted octanol–water partition coefficient (Wildman–Crippen LogP) is -0.356. The first-order valence-corrected chi connectivity index (χ1v) is 5.63. The molecule has 0 aromatic heterocycles. The Morgan fingerprint density at radius 3 is 2.94 bits per heavy atom. The van der Waals surface area contributed by atoms with Gasteiger partial charge in [-0.15, -0.1) is 0 Å². The fourth-order valence-corrected chi connectivity index (χ4v) is 1.66. The molecule has 0 bridgehead atoms. The van der Waals surface area contributed by atoms with Crippen LogP contribution in [0, 0.1) is 0 Å². The fourth-order valence-electron chi connectivity index (χ4n) is 1.66. The lowest BCUT2D eigenvalue weighted by atomic mass is 10.0. The molecule has 6 heteroatoms. The fraction of sp³-hybridized carbons (Fsp3) is 0.900. The van der Waals surface area contributed by atoms with Gasteiger partial charge in [0.25, 0.3) is 0 Å². The quantitative estimate of drug-likeness (QED) is 0.158. The number of nitrogens with zero attached hydrogens (tertiary/aromatic N) is 1. The molecule has 0 spiro atoms. The summed E-state index contributed by atoms with van der Waals surface area (Å²) in [6.45, 7) is 2.45. The maximum Gasteiger partial charge on any atom is 0.139 e. The molecule has 0 aromatic rings. The topological polar surface area (TPSA) is 100 Å². The van der Waals surface area contributed by atoms with Gasteiger partial charge in [0.15, 0.2) is 0 Å². The Bertz CT molecular complexity index is 227. The summed E-state index contributed by atoms with van der Waals surface area (Å²) in [5.74, 6) is 0.267. The molecule has 0 radical (unpaired) electrons. The lowest BCUT2D eigenvalue weighted by Gasteiger charge is -2.20. The Morgan fingerprint density at radius 2 is 2.31 bits per heavy atom. The molecule has 1 rings (SSSR count). The van der Waals surface area contributed by atoms with E-state index in [4.69, 9.17) is 15.7 Å². The number of aliphatic hydroxyl groups is 1. The minimum absolute atomic E-state index is 0.267. The Labute approximate surface area is 95.5 Å². The number of hydrogen-bond donors (Lipinski definition) is 4. The maximum absolute atomic E-state index is 9.91. The average molecular weight is 231 g/mol. The highest BCUT2D eigenvalue weighted by Crippen LogP contribution is 2.16. The van der Waals surface area contributed by atoms with E-state index in [0.29, 0.717) is 32.6 Å². The average Bonchev–Trinajstić information content (AvgIpc) is 2.70. The van der Waals surface area contributed by atoms with Gasteiger partial charge in [0.2, 0.25) is 0 Å². The highest BCUT2D eigenvalue weighted by molar-refractivity contribution is 5.79. The monoisotopic (exact) mass is 231 g/mol. The van der Waals surface area contributed by atoms with E-state index in [1.54, 1.807) is 0 Å². The standard InChI is InChI=1S/C10H21N3O3/c11-9(13-15)3-1-2-5-12-7-10(14)4-6-16-8-10/h12,14-15H,1-8H2,(H2,11,13). The van der Waals surface area contributed by atoms with Crippen molar-refractivity contribution < 1.29 is 15.1 Å². The summed E-state index contributed by atoms with van der Waals surface area (Å²) in [6, 6.07) is 0. The van der Waals surface area contributed by atoms with Gasteiger partial charge in [0.1, 0.15) is 11.4 Å². The van der Waals surface area contributed by atoms with E-state index in [0.717, 1.165) is 19.4 Å². The molecular formula is C10H21N3O3. The Kier molecular flexibility index (Phi) is 5.51. The largest absolute Gasteiger partial charge is 0.409 e. The Balaban J connectivity index is 1.95. The van der Waals surface area contributed by atoms with Crippen LogP contribution in [0.3, 0.4) is 0 Å². The molecule has 6 nitrogen and oxygen atoms in total. The minimum atomic E-state index is -0.689. The van der Waals surface area contributed by atoms with Crippen LogP contribution in [0.15, 0.2) is 5.16 Å². The van der Waals surface area contributed by atoms with Crippen LogP contribution in [0.25, 0.3) is 0 Å². The van der Waals surface area contributed by atoms with Crippen molar-refractivity contribution in [3.8, 4) is 0 Å². The third-order valence-corrected chi connectivity index (χ3v) is 2.70. The van der Waals surface area contributed by atoms with Gasteiger partial charge in [-0.3, -0.25) is 0 Å². The van der Waals surface area contributed by atoms with Gasteiger partial charge in [0.05, 0.1) is 6.61 Å². The lowest BCUT2D eigenvalue weighted by molar-refractivity contribution is 0.0272. The molecule has 5 N–H and O–H groups in total. The van der Waals surface area contributed by atoms with Gasteiger partial charge in [-0.2, -0.15) is 0 Å². The maximum atomic E-state index is 9.91. The Morgan fingerprint density at radius 1 is 1.50 bits per heavy atom. The van der Waals surface area contributed by atoms with Gasteiger partial charge in [0, 0.05) is 26.0 Å². The van der Waals surface area contributed by atoms with Crippen molar-refractivity contribution in [1.29, 1.82) is 0 Å². The number of nitrogens with two attached hydrogens (primary N) is 1. The van der Waals surface area contributed by atoms with Crippen LogP contribution in [0.1, 0.15) is 25.7 Å². The summed E-state index contributed by atoms with van der Waals surface area (Å²) in [5, 5.41) is 24.3. The van der Waals surface area contributed by atoms with E-state index in [9.17, 15) is 5.11 Å². The van der Waals surface area contributed by atoms with E-state index < -0.39 is 5.60 Å². The molecule has 1 unspecified atom stereocenters. The van der Waals surface area contributed by atoms with Gasteiger partial charge >= 0.3 is 0 Å². The first-order chi connectivity index (χ1) is 7.66. The smallest absolute Gasteiger partial charge is 0.139 e. The number of oxime groups is 1. The van der Waals surface area contributed by atoms with Crippen molar-refractivity contribution >= 4 is 5.84 Å². The summed E-state index contributed by atoms with van der Waals surface area (Å²) in [4.78, 5) is 0. The van der Waals surface area contributed by atoms with Crippen molar-refractivity contribution in [2.45, 2.75) is 31.3 Å². The summed E-state index contributed by atoms with van der Waals surface area (Å²) in [6.07, 6.45) is 3.11. The van der Waals surface area contributed by atoms with Gasteiger partial charge in [-0.05, 0) is 19.4 Å². The molecule has 0 aromatic carbocycles. The summed E-state index contributed by atoms with van der Waals surface area (Å²) in [7, 11) is 0. The predicted molar refractivity (Wildman–Crippen MR) is 60.5 cm³/mol. The molecule has 94 valence electrons. The lowest BCUT2D eigenvalue weighted by Crippen LogP contribution is -2.41. The molecule has 0 aliphatic carbocycles.